The molecule has 26 heavy (non-hydrogen) atoms. The van der Waals surface area contributed by atoms with E-state index in [0.717, 1.165) is 11.6 Å². The molecule has 7 heteroatoms. The Kier molecular flexibility index (Phi) is 4.16. The van der Waals surface area contributed by atoms with Crippen LogP contribution in [0.1, 0.15) is 23.6 Å². The van der Waals surface area contributed by atoms with E-state index < -0.39 is 17.7 Å². The van der Waals surface area contributed by atoms with E-state index in [-0.39, 0.29) is 24.3 Å². The van der Waals surface area contributed by atoms with Crippen LogP contribution in [0.3, 0.4) is 0 Å². The molecule has 0 aliphatic carbocycles. The lowest BCUT2D eigenvalue weighted by Crippen LogP contribution is -2.47. The van der Waals surface area contributed by atoms with Crippen molar-refractivity contribution in [3.8, 4) is 0 Å². The number of benzene rings is 2. The Morgan fingerprint density at radius 1 is 0.962 bits per heavy atom. The van der Waals surface area contributed by atoms with E-state index in [9.17, 15) is 18.0 Å². The van der Waals surface area contributed by atoms with Gasteiger partial charge in [-0.15, -0.1) is 0 Å². The number of amides is 1. The van der Waals surface area contributed by atoms with Gasteiger partial charge < -0.3 is 9.91 Å². The maximum Gasteiger partial charge on any atom is 0.251 e. The molecule has 2 atom stereocenters. The van der Waals surface area contributed by atoms with Crippen molar-refractivity contribution in [3.05, 3.63) is 83.4 Å². The minimum absolute atomic E-state index is 0.0928. The first kappa shape index (κ1) is 16.7. The molecule has 0 saturated carbocycles. The largest absolute Gasteiger partial charge is 0.311 e. The van der Waals surface area contributed by atoms with E-state index >= 15 is 0 Å². The van der Waals surface area contributed by atoms with Gasteiger partial charge in [-0.2, -0.15) is 0 Å². The molecule has 1 amide bonds. The minimum Gasteiger partial charge on any atom is -0.311 e. The predicted molar refractivity (Wildman–Crippen MR) is 88.6 cm³/mol. The molecule has 4 rings (SSSR count). The van der Waals surface area contributed by atoms with Gasteiger partial charge in [0.05, 0.1) is 12.6 Å². The molecule has 134 valence electrons. The van der Waals surface area contributed by atoms with Crippen molar-refractivity contribution in [1.82, 2.24) is 15.3 Å². The van der Waals surface area contributed by atoms with Crippen LogP contribution in [0.5, 0.6) is 0 Å². The van der Waals surface area contributed by atoms with Gasteiger partial charge in [0.15, 0.2) is 0 Å². The normalized spacial score (nSPS) is 22.0. The Bertz CT molecular complexity index is 849. The summed E-state index contributed by atoms with van der Waals surface area (Å²) in [6.45, 7) is 0.0928. The molecule has 1 fully saturated rings. The van der Waals surface area contributed by atoms with E-state index in [0.29, 0.717) is 12.0 Å². The van der Waals surface area contributed by atoms with Gasteiger partial charge in [-0.25, -0.2) is 18.6 Å². The number of hydrogen-bond acceptors (Lipinski definition) is 3. The maximum atomic E-state index is 13.4. The minimum atomic E-state index is -0.672. The molecular formula is C19H16F3N3O. The quantitative estimate of drug-likeness (QED) is 0.914. The summed E-state index contributed by atoms with van der Waals surface area (Å²) >= 11 is 0. The maximum absolute atomic E-state index is 13.4. The fourth-order valence-electron chi connectivity index (χ4n) is 3.38. The zero-order valence-corrected chi connectivity index (χ0v) is 13.7. The van der Waals surface area contributed by atoms with Crippen molar-refractivity contribution >= 4 is 5.91 Å². The number of halogens is 3. The van der Waals surface area contributed by atoms with Crippen LogP contribution in [0.2, 0.25) is 0 Å². The van der Waals surface area contributed by atoms with Crippen molar-refractivity contribution in [2.75, 3.05) is 0 Å². The van der Waals surface area contributed by atoms with Crippen molar-refractivity contribution in [1.29, 1.82) is 0 Å². The average Bonchev–Trinajstić information content (AvgIpc) is 3.02. The molecular weight excluding hydrogens is 343 g/mol. The van der Waals surface area contributed by atoms with E-state index in [1.807, 2.05) is 0 Å². The Morgan fingerprint density at radius 3 is 2.35 bits per heavy atom. The molecule has 2 aromatic carbocycles. The number of rotatable bonds is 3. The van der Waals surface area contributed by atoms with Crippen LogP contribution in [0.4, 0.5) is 13.2 Å². The third kappa shape index (κ3) is 3.17. The van der Waals surface area contributed by atoms with E-state index in [4.69, 9.17) is 0 Å². The topological polar surface area (TPSA) is 35.6 Å². The number of hydrazine groups is 1. The lowest BCUT2D eigenvalue weighted by Gasteiger charge is -2.31. The Hall–Kier alpha value is -2.80. The Balaban J connectivity index is 1.49. The number of nitrogens with one attached hydrogen (secondary N) is 1. The fourth-order valence-corrected chi connectivity index (χ4v) is 3.38. The molecule has 2 aliphatic rings. The molecule has 2 heterocycles. The third-order valence-electron chi connectivity index (χ3n) is 4.62. The summed E-state index contributed by atoms with van der Waals surface area (Å²) in [4.78, 5) is 14.2. The first-order chi connectivity index (χ1) is 12.5. The molecule has 0 radical (unpaired) electrons. The molecule has 4 nitrogen and oxygen atoms in total. The summed E-state index contributed by atoms with van der Waals surface area (Å²) in [7, 11) is 0. The lowest BCUT2D eigenvalue weighted by molar-refractivity contribution is -0.134. The van der Waals surface area contributed by atoms with Gasteiger partial charge in [-0.05, 0) is 41.8 Å². The highest BCUT2D eigenvalue weighted by Gasteiger charge is 2.39. The molecule has 0 bridgehead atoms. The van der Waals surface area contributed by atoms with Crippen molar-refractivity contribution in [3.63, 3.8) is 0 Å². The molecule has 2 aliphatic heterocycles. The molecule has 2 aromatic rings. The van der Waals surface area contributed by atoms with Gasteiger partial charge >= 0.3 is 0 Å². The monoisotopic (exact) mass is 359 g/mol. The number of fused-ring (bicyclic) bond motifs is 1. The third-order valence-corrected chi connectivity index (χ3v) is 4.62. The highest BCUT2D eigenvalue weighted by molar-refractivity contribution is 5.84. The van der Waals surface area contributed by atoms with Crippen LogP contribution in [-0.2, 0) is 11.3 Å². The molecule has 0 spiro atoms. The molecule has 2 unspecified atom stereocenters. The smallest absolute Gasteiger partial charge is 0.251 e. The van der Waals surface area contributed by atoms with Crippen molar-refractivity contribution < 1.29 is 18.0 Å². The summed E-state index contributed by atoms with van der Waals surface area (Å²) < 4.78 is 39.8. The number of carbonyl (C=O) groups excluding carboxylic acids is 1. The van der Waals surface area contributed by atoms with Crippen LogP contribution in [0.25, 0.3) is 0 Å². The first-order valence-electron chi connectivity index (χ1n) is 8.23. The Morgan fingerprint density at radius 2 is 1.65 bits per heavy atom. The summed E-state index contributed by atoms with van der Waals surface area (Å²) in [6.07, 6.45) is 3.83. The van der Waals surface area contributed by atoms with Crippen LogP contribution in [-0.4, -0.2) is 21.9 Å². The zero-order valence-electron chi connectivity index (χ0n) is 13.7. The van der Waals surface area contributed by atoms with Crippen LogP contribution in [0.15, 0.2) is 54.9 Å². The molecule has 0 aromatic heterocycles. The van der Waals surface area contributed by atoms with Crippen LogP contribution < -0.4 is 5.43 Å². The van der Waals surface area contributed by atoms with Crippen LogP contribution in [0, 0.1) is 17.5 Å². The van der Waals surface area contributed by atoms with E-state index in [1.54, 1.807) is 29.5 Å². The van der Waals surface area contributed by atoms with Crippen molar-refractivity contribution in [2.24, 2.45) is 0 Å². The highest BCUT2D eigenvalue weighted by Crippen LogP contribution is 2.31. The van der Waals surface area contributed by atoms with Crippen LogP contribution >= 0.6 is 0 Å². The van der Waals surface area contributed by atoms with E-state index in [1.165, 1.54) is 29.2 Å². The number of hydrogen-bond donors (Lipinski definition) is 1. The van der Waals surface area contributed by atoms with E-state index in [2.05, 4.69) is 5.43 Å². The second-order valence-corrected chi connectivity index (χ2v) is 6.43. The van der Waals surface area contributed by atoms with Crippen molar-refractivity contribution in [2.45, 2.75) is 25.0 Å². The summed E-state index contributed by atoms with van der Waals surface area (Å²) in [5.41, 5.74) is 4.49. The fraction of sp³-hybridized carbons (Fsp3) is 0.211. The van der Waals surface area contributed by atoms with Gasteiger partial charge in [-0.1, -0.05) is 12.1 Å². The number of nitrogens with zero attached hydrogens (tertiary/aromatic N) is 2. The average molecular weight is 359 g/mol. The standard InChI is InChI=1S/C19H16F3N3O/c20-14-3-1-13(2-4-14)17-10-18-19(26)24(5-6-25(18)23-17)11-12-7-15(21)9-16(22)8-12/h1-9,17-18,23H,10-11H2. The molecule has 1 N–H and O–H groups in total. The predicted octanol–water partition coefficient (Wildman–Crippen LogP) is 3.24. The summed E-state index contributed by atoms with van der Waals surface area (Å²) in [5.74, 6) is -1.81. The zero-order chi connectivity index (χ0) is 18.3. The summed E-state index contributed by atoms with van der Waals surface area (Å²) in [6, 6.07) is 8.84. The van der Waals surface area contributed by atoms with Gasteiger partial charge in [-0.3, -0.25) is 4.79 Å². The Labute approximate surface area is 148 Å². The molecule has 1 saturated heterocycles. The number of carbonyl (C=O) groups is 1. The van der Waals surface area contributed by atoms with Gasteiger partial charge in [0.1, 0.15) is 23.5 Å². The SMILES string of the molecule is O=C1C2CC(c3ccc(F)cc3)NN2C=CN1Cc1cc(F)cc(F)c1. The first-order valence-corrected chi connectivity index (χ1v) is 8.23. The lowest BCUT2D eigenvalue weighted by atomic mass is 10.0. The second-order valence-electron chi connectivity index (χ2n) is 6.43. The summed E-state index contributed by atoms with van der Waals surface area (Å²) in [5, 5.41) is 1.72. The van der Waals surface area contributed by atoms with Gasteiger partial charge in [0, 0.05) is 18.5 Å². The second kappa shape index (κ2) is 6.49. The highest BCUT2D eigenvalue weighted by atomic mass is 19.1. The van der Waals surface area contributed by atoms with Gasteiger partial charge in [0.25, 0.3) is 5.91 Å². The van der Waals surface area contributed by atoms with Gasteiger partial charge in [0.2, 0.25) is 0 Å².